The normalized spacial score (nSPS) is 19.7. The van der Waals surface area contributed by atoms with E-state index in [0.29, 0.717) is 40.8 Å². The van der Waals surface area contributed by atoms with Crippen molar-refractivity contribution in [3.63, 3.8) is 0 Å². The maximum atomic E-state index is 13.3. The lowest BCUT2D eigenvalue weighted by molar-refractivity contribution is -0.120. The second-order valence-electron chi connectivity index (χ2n) is 8.52. The molecule has 2 unspecified atom stereocenters. The summed E-state index contributed by atoms with van der Waals surface area (Å²) in [6.07, 6.45) is 9.91. The number of benzene rings is 1. The Balaban J connectivity index is 1.50. The van der Waals surface area contributed by atoms with Crippen LogP contribution in [0.1, 0.15) is 51.9 Å². The fraction of sp³-hybridized carbons (Fsp3) is 0.542. The van der Waals surface area contributed by atoms with Crippen LogP contribution in [0.15, 0.2) is 39.8 Å². The smallest absolute Gasteiger partial charge is 0.262 e. The second kappa shape index (κ2) is 10.9. The summed E-state index contributed by atoms with van der Waals surface area (Å²) in [5, 5.41) is 4.24. The zero-order chi connectivity index (χ0) is 22.5. The summed E-state index contributed by atoms with van der Waals surface area (Å²) in [5.74, 6) is -0.0458. The molecule has 1 aliphatic heterocycles. The molecule has 2 heterocycles. The Labute approximate surface area is 197 Å². The van der Waals surface area contributed by atoms with Gasteiger partial charge < -0.3 is 10.1 Å². The molecule has 1 aliphatic carbocycles. The van der Waals surface area contributed by atoms with Gasteiger partial charge in [-0.25, -0.2) is 4.98 Å². The molecule has 1 saturated heterocycles. The molecule has 2 atom stereocenters. The summed E-state index contributed by atoms with van der Waals surface area (Å²) in [7, 11) is 0. The summed E-state index contributed by atoms with van der Waals surface area (Å²) < 4.78 is 7.42. The Hall–Kier alpha value is -1.83. The fourth-order valence-corrected chi connectivity index (χ4v) is 5.36. The van der Waals surface area contributed by atoms with Crippen molar-refractivity contribution in [3.8, 4) is 0 Å². The molecule has 8 heteroatoms. The number of amides is 1. The van der Waals surface area contributed by atoms with Crippen LogP contribution in [-0.4, -0.2) is 40.0 Å². The summed E-state index contributed by atoms with van der Waals surface area (Å²) in [6, 6.07) is 5.11. The number of aromatic nitrogens is 2. The Bertz CT molecular complexity index is 1060. The quantitative estimate of drug-likeness (QED) is 0.340. The Morgan fingerprint density at radius 3 is 3.00 bits per heavy atom. The van der Waals surface area contributed by atoms with Crippen LogP contribution in [0, 0.1) is 0 Å². The van der Waals surface area contributed by atoms with E-state index in [1.54, 1.807) is 22.8 Å². The zero-order valence-electron chi connectivity index (χ0n) is 18.4. The highest BCUT2D eigenvalue weighted by Crippen LogP contribution is 2.26. The number of carbonyl (C=O) groups excluding carboxylic acids is 1. The molecular formula is C24H30ClN3O3S. The predicted octanol–water partition coefficient (Wildman–Crippen LogP) is 4.72. The standard InChI is InChI=1S/C24H30ClN3O3S/c1-16(22(29)26-12-11-17-6-3-2-4-7-17)32-24-27-21-14-18(25)9-10-20(21)23(30)28(24)15-19-8-5-13-31-19/h6,9-10,14,16,19H,2-5,7-8,11-13,15H2,1H3,(H,26,29). The van der Waals surface area contributed by atoms with Crippen molar-refractivity contribution in [1.82, 2.24) is 14.9 Å². The molecule has 4 rings (SSSR count). The van der Waals surface area contributed by atoms with E-state index in [9.17, 15) is 9.59 Å². The molecule has 1 fully saturated rings. The van der Waals surface area contributed by atoms with Gasteiger partial charge in [-0.05, 0) is 70.1 Å². The average Bonchev–Trinajstić information content (AvgIpc) is 3.30. The molecule has 1 amide bonds. The van der Waals surface area contributed by atoms with Crippen LogP contribution in [0.2, 0.25) is 5.02 Å². The Morgan fingerprint density at radius 2 is 2.25 bits per heavy atom. The van der Waals surface area contributed by atoms with Gasteiger partial charge in [-0.1, -0.05) is 35.0 Å². The molecule has 0 spiro atoms. The van der Waals surface area contributed by atoms with Gasteiger partial charge in [0.05, 0.1) is 28.8 Å². The lowest BCUT2D eigenvalue weighted by Gasteiger charge is -2.19. The molecule has 0 bridgehead atoms. The third-order valence-electron chi connectivity index (χ3n) is 6.07. The van der Waals surface area contributed by atoms with Crippen LogP contribution in [-0.2, 0) is 16.1 Å². The number of ether oxygens (including phenoxy) is 1. The molecule has 0 radical (unpaired) electrons. The van der Waals surface area contributed by atoms with E-state index < -0.39 is 0 Å². The van der Waals surface area contributed by atoms with Crippen LogP contribution in [0.5, 0.6) is 0 Å². The van der Waals surface area contributed by atoms with Gasteiger partial charge in [-0.15, -0.1) is 0 Å². The molecule has 0 saturated carbocycles. The van der Waals surface area contributed by atoms with Gasteiger partial charge in [0.2, 0.25) is 5.91 Å². The largest absolute Gasteiger partial charge is 0.376 e. The topological polar surface area (TPSA) is 73.2 Å². The summed E-state index contributed by atoms with van der Waals surface area (Å²) in [4.78, 5) is 30.7. The third kappa shape index (κ3) is 5.74. The molecule has 1 aromatic carbocycles. The van der Waals surface area contributed by atoms with Crippen LogP contribution in [0.4, 0.5) is 0 Å². The summed E-state index contributed by atoms with van der Waals surface area (Å²) >= 11 is 7.44. The minimum absolute atomic E-state index is 0.00787. The Kier molecular flexibility index (Phi) is 7.92. The molecule has 32 heavy (non-hydrogen) atoms. The van der Waals surface area contributed by atoms with Gasteiger partial charge in [0.25, 0.3) is 5.56 Å². The number of fused-ring (bicyclic) bond motifs is 1. The first kappa shape index (κ1) is 23.3. The van der Waals surface area contributed by atoms with Crippen molar-refractivity contribution in [2.24, 2.45) is 0 Å². The molecule has 1 aromatic heterocycles. The van der Waals surface area contributed by atoms with E-state index in [-0.39, 0.29) is 22.8 Å². The van der Waals surface area contributed by atoms with E-state index in [1.165, 1.54) is 30.2 Å². The number of allylic oxidation sites excluding steroid dienone is 1. The van der Waals surface area contributed by atoms with E-state index in [2.05, 4.69) is 11.4 Å². The number of hydrogen-bond donors (Lipinski definition) is 1. The maximum absolute atomic E-state index is 13.3. The fourth-order valence-electron chi connectivity index (χ4n) is 4.25. The molecule has 172 valence electrons. The molecule has 2 aromatic rings. The van der Waals surface area contributed by atoms with Crippen molar-refractivity contribution < 1.29 is 9.53 Å². The lowest BCUT2D eigenvalue weighted by Crippen LogP contribution is -2.33. The van der Waals surface area contributed by atoms with Crippen molar-refractivity contribution in [3.05, 3.63) is 45.2 Å². The number of nitrogens with one attached hydrogen (secondary N) is 1. The van der Waals surface area contributed by atoms with Crippen molar-refractivity contribution in [2.75, 3.05) is 13.2 Å². The first-order valence-electron chi connectivity index (χ1n) is 11.5. The first-order valence-corrected chi connectivity index (χ1v) is 12.7. The second-order valence-corrected chi connectivity index (χ2v) is 10.3. The maximum Gasteiger partial charge on any atom is 0.262 e. The average molecular weight is 476 g/mol. The van der Waals surface area contributed by atoms with Crippen LogP contribution in [0.3, 0.4) is 0 Å². The van der Waals surface area contributed by atoms with Crippen molar-refractivity contribution in [1.29, 1.82) is 0 Å². The highest BCUT2D eigenvalue weighted by molar-refractivity contribution is 8.00. The first-order chi connectivity index (χ1) is 15.5. The summed E-state index contributed by atoms with van der Waals surface area (Å²) in [5.41, 5.74) is 1.86. The lowest BCUT2D eigenvalue weighted by atomic mass is 9.97. The number of thioether (sulfide) groups is 1. The third-order valence-corrected chi connectivity index (χ3v) is 7.40. The summed E-state index contributed by atoms with van der Waals surface area (Å²) in [6.45, 7) is 3.65. The van der Waals surface area contributed by atoms with Gasteiger partial charge in [-0.3, -0.25) is 14.2 Å². The van der Waals surface area contributed by atoms with Crippen molar-refractivity contribution >= 4 is 40.2 Å². The van der Waals surface area contributed by atoms with E-state index in [0.717, 1.165) is 32.1 Å². The molecule has 2 aliphatic rings. The van der Waals surface area contributed by atoms with Gasteiger partial charge in [0.1, 0.15) is 0 Å². The van der Waals surface area contributed by atoms with Gasteiger partial charge in [0.15, 0.2) is 5.16 Å². The van der Waals surface area contributed by atoms with Gasteiger partial charge in [0, 0.05) is 18.2 Å². The number of halogens is 1. The van der Waals surface area contributed by atoms with Crippen LogP contribution >= 0.6 is 23.4 Å². The van der Waals surface area contributed by atoms with E-state index in [1.807, 2.05) is 6.92 Å². The Morgan fingerprint density at radius 1 is 1.38 bits per heavy atom. The number of rotatable bonds is 8. The molecule has 1 N–H and O–H groups in total. The predicted molar refractivity (Wildman–Crippen MR) is 129 cm³/mol. The van der Waals surface area contributed by atoms with Crippen LogP contribution < -0.4 is 10.9 Å². The van der Waals surface area contributed by atoms with Gasteiger partial charge in [-0.2, -0.15) is 0 Å². The van der Waals surface area contributed by atoms with Crippen molar-refractivity contribution in [2.45, 2.75) is 74.9 Å². The van der Waals surface area contributed by atoms with Crippen LogP contribution in [0.25, 0.3) is 10.9 Å². The van der Waals surface area contributed by atoms with E-state index in [4.69, 9.17) is 21.3 Å². The van der Waals surface area contributed by atoms with Gasteiger partial charge >= 0.3 is 0 Å². The highest BCUT2D eigenvalue weighted by atomic mass is 35.5. The SMILES string of the molecule is CC(Sc1nc2cc(Cl)ccc2c(=O)n1CC1CCCO1)C(=O)NCCC1=CCCCC1. The highest BCUT2D eigenvalue weighted by Gasteiger charge is 2.23. The zero-order valence-corrected chi connectivity index (χ0v) is 20.0. The number of nitrogens with zero attached hydrogens (tertiary/aromatic N) is 2. The monoisotopic (exact) mass is 475 g/mol. The molecule has 6 nitrogen and oxygen atoms in total. The minimum atomic E-state index is -0.380. The number of carbonyl (C=O) groups is 1. The molecular weight excluding hydrogens is 446 g/mol. The van der Waals surface area contributed by atoms with E-state index >= 15 is 0 Å². The number of hydrogen-bond acceptors (Lipinski definition) is 5. The minimum Gasteiger partial charge on any atom is -0.376 e.